The highest BCUT2D eigenvalue weighted by Crippen LogP contribution is 2.23. The Hall–Kier alpha value is -1.07. The van der Waals surface area contributed by atoms with Crippen LogP contribution in [0, 0.1) is 5.92 Å². The molecule has 1 fully saturated rings. The van der Waals surface area contributed by atoms with Gasteiger partial charge in [-0.3, -0.25) is 9.59 Å². The second kappa shape index (κ2) is 10.7. The van der Waals surface area contributed by atoms with Crippen molar-refractivity contribution in [3.8, 4) is 0 Å². The van der Waals surface area contributed by atoms with Crippen LogP contribution in [0.1, 0.15) is 53.9 Å². The van der Waals surface area contributed by atoms with Gasteiger partial charge in [-0.15, -0.1) is 0 Å². The zero-order chi connectivity index (χ0) is 16.3. The molecule has 1 rings (SSSR count). The molecule has 3 nitrogen and oxygen atoms in total. The van der Waals surface area contributed by atoms with E-state index >= 15 is 0 Å². The summed E-state index contributed by atoms with van der Waals surface area (Å²) < 4.78 is 35.9. The fraction of sp³-hybridized carbons (Fsp3) is 0.857. The summed E-state index contributed by atoms with van der Waals surface area (Å²) in [6, 6.07) is 0. The molecule has 0 unspecified atom stereocenters. The van der Waals surface area contributed by atoms with E-state index in [0.29, 0.717) is 12.8 Å². The van der Waals surface area contributed by atoms with E-state index in [-0.39, 0.29) is 24.8 Å². The zero-order valence-corrected chi connectivity index (χ0v) is 13.0. The lowest BCUT2D eigenvalue weighted by molar-refractivity contribution is -0.162. The zero-order valence-electron chi connectivity index (χ0n) is 13.0. The number of alkyl halides is 3. The molecule has 0 bridgehead atoms. The summed E-state index contributed by atoms with van der Waals surface area (Å²) in [5, 5.41) is 0. The molecule has 0 aromatic rings. The molecule has 1 amide bonds. The minimum absolute atomic E-state index is 0.0444. The number of halogens is 3. The second-order valence-corrected chi connectivity index (χ2v) is 4.06. The molecule has 1 aliphatic heterocycles. The Morgan fingerprint density at radius 1 is 1.05 bits per heavy atom. The average molecular weight is 297 g/mol. The summed E-state index contributed by atoms with van der Waals surface area (Å²) in [6.07, 6.45) is -4.91. The molecule has 1 saturated heterocycles. The van der Waals surface area contributed by atoms with Crippen LogP contribution in [-0.4, -0.2) is 35.9 Å². The molecule has 120 valence electrons. The maximum Gasteiger partial charge on any atom is 0.397 e. The summed E-state index contributed by atoms with van der Waals surface area (Å²) in [7, 11) is 0. The van der Waals surface area contributed by atoms with Crippen molar-refractivity contribution >= 4 is 11.7 Å². The first kappa shape index (κ1) is 21.2. The van der Waals surface area contributed by atoms with Gasteiger partial charge in [0.1, 0.15) is 12.2 Å². The lowest BCUT2D eigenvalue weighted by atomic mass is 9.93. The van der Waals surface area contributed by atoms with Gasteiger partial charge in [0, 0.05) is 19.0 Å². The number of rotatable bonds is 2. The number of Topliss-reactive ketones (excluding diaryl/α,β-unsaturated/α-hetero) is 1. The number of ketones is 1. The van der Waals surface area contributed by atoms with Crippen molar-refractivity contribution in [2.24, 2.45) is 5.92 Å². The predicted molar refractivity (Wildman–Crippen MR) is 73.4 cm³/mol. The van der Waals surface area contributed by atoms with Crippen molar-refractivity contribution in [1.82, 2.24) is 4.90 Å². The second-order valence-electron chi connectivity index (χ2n) is 4.06. The quantitative estimate of drug-likeness (QED) is 0.777. The normalized spacial score (nSPS) is 15.5. The molecule has 0 atom stereocenters. The maximum atomic E-state index is 12.0. The van der Waals surface area contributed by atoms with Crippen LogP contribution in [0.4, 0.5) is 13.2 Å². The van der Waals surface area contributed by atoms with Crippen LogP contribution in [0.15, 0.2) is 0 Å². The standard InChI is InChI=1S/C10H14F3NO2.2C2H6/c1-7(15)8-2-4-14(5-3-8)9(16)6-10(11,12)13;2*1-2/h8H,2-6H2,1H3;2*1-2H3. The number of likely N-dealkylation sites (tertiary alicyclic amines) is 1. The van der Waals surface area contributed by atoms with Gasteiger partial charge >= 0.3 is 6.18 Å². The summed E-state index contributed by atoms with van der Waals surface area (Å²) >= 11 is 0. The van der Waals surface area contributed by atoms with Crippen molar-refractivity contribution in [2.75, 3.05) is 13.1 Å². The van der Waals surface area contributed by atoms with Gasteiger partial charge in [0.15, 0.2) is 0 Å². The number of carbonyl (C=O) groups excluding carboxylic acids is 2. The molecular formula is C14H26F3NO2. The Morgan fingerprint density at radius 2 is 1.45 bits per heavy atom. The van der Waals surface area contributed by atoms with Crippen molar-refractivity contribution in [2.45, 2.75) is 60.1 Å². The highest BCUT2D eigenvalue weighted by Gasteiger charge is 2.35. The molecule has 20 heavy (non-hydrogen) atoms. The first-order valence-electron chi connectivity index (χ1n) is 7.14. The predicted octanol–water partition coefficient (Wildman–Crippen LogP) is 3.82. The smallest absolute Gasteiger partial charge is 0.342 e. The van der Waals surface area contributed by atoms with Crippen molar-refractivity contribution in [3.63, 3.8) is 0 Å². The third kappa shape index (κ3) is 8.93. The van der Waals surface area contributed by atoms with E-state index in [0.717, 1.165) is 0 Å². The summed E-state index contributed by atoms with van der Waals surface area (Å²) in [5.74, 6) is -0.952. The highest BCUT2D eigenvalue weighted by molar-refractivity contribution is 5.80. The Morgan fingerprint density at radius 3 is 1.75 bits per heavy atom. The van der Waals surface area contributed by atoms with Crippen molar-refractivity contribution < 1.29 is 22.8 Å². The Labute approximate surface area is 119 Å². The summed E-state index contributed by atoms with van der Waals surface area (Å²) in [4.78, 5) is 23.4. The molecular weight excluding hydrogens is 271 g/mol. The molecule has 6 heteroatoms. The Kier molecular flexibility index (Phi) is 11.3. The third-order valence-electron chi connectivity index (χ3n) is 2.77. The van der Waals surface area contributed by atoms with Gasteiger partial charge in [-0.25, -0.2) is 0 Å². The van der Waals surface area contributed by atoms with Gasteiger partial charge in [-0.2, -0.15) is 13.2 Å². The van der Waals surface area contributed by atoms with Crippen LogP contribution in [0.25, 0.3) is 0 Å². The van der Waals surface area contributed by atoms with Crippen LogP contribution >= 0.6 is 0 Å². The first-order chi connectivity index (χ1) is 9.29. The Balaban J connectivity index is 0. The number of nitrogens with zero attached hydrogens (tertiary/aromatic N) is 1. The third-order valence-corrected chi connectivity index (χ3v) is 2.77. The first-order valence-corrected chi connectivity index (χ1v) is 7.14. The van der Waals surface area contributed by atoms with E-state index in [9.17, 15) is 22.8 Å². The number of hydrogen-bond donors (Lipinski definition) is 0. The lowest BCUT2D eigenvalue weighted by Gasteiger charge is -2.31. The minimum Gasteiger partial charge on any atom is -0.342 e. The van der Waals surface area contributed by atoms with Crippen LogP contribution in [0.2, 0.25) is 0 Å². The summed E-state index contributed by atoms with van der Waals surface area (Å²) in [5.41, 5.74) is 0. The van der Waals surface area contributed by atoms with Gasteiger partial charge < -0.3 is 4.90 Å². The van der Waals surface area contributed by atoms with Crippen molar-refractivity contribution in [3.05, 3.63) is 0 Å². The lowest BCUT2D eigenvalue weighted by Crippen LogP contribution is -2.41. The van der Waals surface area contributed by atoms with E-state index < -0.39 is 18.5 Å². The topological polar surface area (TPSA) is 37.4 Å². The van der Waals surface area contributed by atoms with Gasteiger partial charge in [0.25, 0.3) is 0 Å². The molecule has 1 aliphatic rings. The van der Waals surface area contributed by atoms with Gasteiger partial charge in [-0.05, 0) is 19.8 Å². The maximum absolute atomic E-state index is 12.0. The SMILES string of the molecule is CC.CC.CC(=O)C1CCN(C(=O)CC(F)(F)F)CC1. The van der Waals surface area contributed by atoms with Crippen LogP contribution < -0.4 is 0 Å². The van der Waals surface area contributed by atoms with Gasteiger partial charge in [0.2, 0.25) is 5.91 Å². The number of carbonyl (C=O) groups is 2. The van der Waals surface area contributed by atoms with E-state index in [1.165, 1.54) is 11.8 Å². The highest BCUT2D eigenvalue weighted by atomic mass is 19.4. The van der Waals surface area contributed by atoms with E-state index in [1.807, 2.05) is 27.7 Å². The molecule has 0 aromatic carbocycles. The number of piperidine rings is 1. The minimum atomic E-state index is -4.45. The van der Waals surface area contributed by atoms with Crippen LogP contribution in [0.3, 0.4) is 0 Å². The molecule has 0 aromatic heterocycles. The largest absolute Gasteiger partial charge is 0.397 e. The van der Waals surface area contributed by atoms with Gasteiger partial charge in [-0.1, -0.05) is 27.7 Å². The monoisotopic (exact) mass is 297 g/mol. The average Bonchev–Trinajstić information content (AvgIpc) is 2.41. The number of hydrogen-bond acceptors (Lipinski definition) is 2. The Bertz CT molecular complexity index is 283. The van der Waals surface area contributed by atoms with Crippen LogP contribution in [-0.2, 0) is 9.59 Å². The fourth-order valence-corrected chi connectivity index (χ4v) is 1.82. The molecule has 0 aliphatic carbocycles. The van der Waals surface area contributed by atoms with Crippen molar-refractivity contribution in [1.29, 1.82) is 0 Å². The summed E-state index contributed by atoms with van der Waals surface area (Å²) in [6.45, 7) is 9.97. The fourth-order valence-electron chi connectivity index (χ4n) is 1.82. The molecule has 0 radical (unpaired) electrons. The van der Waals surface area contributed by atoms with Crippen LogP contribution in [0.5, 0.6) is 0 Å². The van der Waals surface area contributed by atoms with Gasteiger partial charge in [0.05, 0.1) is 0 Å². The number of amides is 1. The molecule has 1 heterocycles. The van der Waals surface area contributed by atoms with E-state index in [4.69, 9.17) is 0 Å². The van der Waals surface area contributed by atoms with E-state index in [1.54, 1.807) is 0 Å². The molecule has 0 saturated carbocycles. The van der Waals surface area contributed by atoms with E-state index in [2.05, 4.69) is 0 Å². The molecule has 0 spiro atoms. The molecule has 0 N–H and O–H groups in total.